The topological polar surface area (TPSA) is 43.4 Å². The van der Waals surface area contributed by atoms with E-state index in [1.165, 1.54) is 0 Å². The molecule has 136 valence electrons. The third-order valence-corrected chi connectivity index (χ3v) is 6.47. The van der Waals surface area contributed by atoms with Crippen molar-refractivity contribution in [2.45, 2.75) is 77.6 Å². The van der Waals surface area contributed by atoms with Gasteiger partial charge in [0.1, 0.15) is 0 Å². The maximum absolute atomic E-state index is 13.4. The van der Waals surface area contributed by atoms with Crippen LogP contribution in [0.2, 0.25) is 0 Å². The molecule has 1 aliphatic carbocycles. The Morgan fingerprint density at radius 3 is 2.09 bits per heavy atom. The van der Waals surface area contributed by atoms with Crippen LogP contribution < -0.4 is 0 Å². The Labute approximate surface area is 141 Å². The summed E-state index contributed by atoms with van der Waals surface area (Å²) in [5.41, 5.74) is 0. The van der Waals surface area contributed by atoms with Gasteiger partial charge in [0.15, 0.2) is 0 Å². The first-order valence-electron chi connectivity index (χ1n) is 8.39. The van der Waals surface area contributed by atoms with Gasteiger partial charge in [0.25, 0.3) is 0 Å². The smallest absolute Gasteiger partial charge is 0.309 e. The molecule has 23 heavy (non-hydrogen) atoms. The summed E-state index contributed by atoms with van der Waals surface area (Å²) < 4.78 is 43.8. The van der Waals surface area contributed by atoms with E-state index in [0.29, 0.717) is 25.7 Å². The van der Waals surface area contributed by atoms with Gasteiger partial charge < -0.3 is 4.74 Å². The lowest BCUT2D eigenvalue weighted by Gasteiger charge is -2.34. The van der Waals surface area contributed by atoms with Crippen LogP contribution in [0.1, 0.15) is 60.3 Å². The molecular weight excluding hydrogens is 322 g/mol. The van der Waals surface area contributed by atoms with Gasteiger partial charge in [0.05, 0.1) is 12.0 Å². The van der Waals surface area contributed by atoms with E-state index < -0.39 is 27.9 Å². The van der Waals surface area contributed by atoms with Crippen LogP contribution >= 0.6 is 0 Å². The molecule has 1 aliphatic rings. The van der Waals surface area contributed by atoms with Crippen LogP contribution in [0.15, 0.2) is 0 Å². The van der Waals surface area contributed by atoms with Gasteiger partial charge in [-0.3, -0.25) is 9.00 Å². The average molecular weight is 352 g/mol. The van der Waals surface area contributed by atoms with Crippen molar-refractivity contribution in [3.05, 3.63) is 0 Å². The van der Waals surface area contributed by atoms with E-state index in [9.17, 15) is 17.8 Å². The normalized spacial score (nSPS) is 25.4. The fourth-order valence-corrected chi connectivity index (χ4v) is 4.22. The summed E-state index contributed by atoms with van der Waals surface area (Å²) in [5.74, 6) is -1.38. The van der Waals surface area contributed by atoms with Gasteiger partial charge in [-0.05, 0) is 66.2 Å². The molecule has 2 atom stereocenters. The number of halogens is 2. The van der Waals surface area contributed by atoms with E-state index in [1.807, 2.05) is 20.8 Å². The highest BCUT2D eigenvalue weighted by molar-refractivity contribution is 7.86. The van der Waals surface area contributed by atoms with E-state index in [2.05, 4.69) is 0 Å². The van der Waals surface area contributed by atoms with E-state index in [4.69, 9.17) is 4.74 Å². The van der Waals surface area contributed by atoms with Crippen LogP contribution in [0.3, 0.4) is 0 Å². The molecule has 0 saturated heterocycles. The van der Waals surface area contributed by atoms with Gasteiger partial charge in [-0.2, -0.15) is 0 Å². The first-order chi connectivity index (χ1) is 10.5. The van der Waals surface area contributed by atoms with Crippen molar-refractivity contribution >= 4 is 16.8 Å². The average Bonchev–Trinajstić information content (AvgIpc) is 2.42. The first-order valence-corrected chi connectivity index (χ1v) is 9.71. The molecule has 6 heteroatoms. The summed E-state index contributed by atoms with van der Waals surface area (Å²) >= 11 is 0. The highest BCUT2D eigenvalue weighted by Crippen LogP contribution is 2.37. The highest BCUT2D eigenvalue weighted by atomic mass is 32.2. The summed E-state index contributed by atoms with van der Waals surface area (Å²) in [7, 11) is -1.29. The van der Waals surface area contributed by atoms with Gasteiger partial charge in [-0.1, -0.05) is 0 Å². The third-order valence-electron chi connectivity index (χ3n) is 4.41. The molecule has 0 bridgehead atoms. The lowest BCUT2D eigenvalue weighted by molar-refractivity contribution is -0.154. The first kappa shape index (κ1) is 20.5. The Balaban J connectivity index is 2.61. The fourth-order valence-electron chi connectivity index (χ4n) is 2.95. The second kappa shape index (κ2) is 8.54. The molecule has 1 saturated carbocycles. The molecule has 0 aliphatic heterocycles. The van der Waals surface area contributed by atoms with Crippen molar-refractivity contribution in [1.29, 1.82) is 0 Å². The molecule has 0 radical (unpaired) electrons. The second-order valence-electron chi connectivity index (χ2n) is 7.72. The number of carbonyl (C=O) groups excluding carboxylic acids is 1. The number of alkyl halides is 2. The van der Waals surface area contributed by atoms with Crippen molar-refractivity contribution < 1.29 is 22.5 Å². The zero-order chi connectivity index (χ0) is 17.8. The molecule has 0 aromatic carbocycles. The number of esters is 1. The summed E-state index contributed by atoms with van der Waals surface area (Å²) in [6, 6.07) is 0. The largest absolute Gasteiger partial charge is 0.463 e. The van der Waals surface area contributed by atoms with Crippen molar-refractivity contribution in [3.63, 3.8) is 0 Å². The zero-order valence-corrected chi connectivity index (χ0v) is 15.6. The molecule has 0 spiro atoms. The maximum atomic E-state index is 13.4. The summed E-state index contributed by atoms with van der Waals surface area (Å²) in [6.45, 7) is 9.04. The van der Waals surface area contributed by atoms with Crippen LogP contribution in [-0.4, -0.2) is 33.2 Å². The molecule has 0 aromatic heterocycles. The molecule has 0 heterocycles. The number of hydrogen-bond acceptors (Lipinski definition) is 3. The van der Waals surface area contributed by atoms with Crippen molar-refractivity contribution in [2.75, 3.05) is 5.75 Å². The number of rotatable bonds is 6. The summed E-state index contributed by atoms with van der Waals surface area (Å²) in [5, 5.41) is 0. The van der Waals surface area contributed by atoms with Gasteiger partial charge in [-0.25, -0.2) is 8.78 Å². The van der Waals surface area contributed by atoms with Crippen molar-refractivity contribution in [1.82, 2.24) is 0 Å². The van der Waals surface area contributed by atoms with E-state index in [1.54, 1.807) is 13.8 Å². The van der Waals surface area contributed by atoms with Crippen molar-refractivity contribution in [3.8, 4) is 0 Å². The molecule has 0 aromatic rings. The van der Waals surface area contributed by atoms with Crippen LogP contribution in [-0.2, 0) is 20.3 Å². The monoisotopic (exact) mass is 352 g/mol. The molecule has 0 amide bonds. The van der Waals surface area contributed by atoms with Crippen LogP contribution in [0.4, 0.5) is 8.78 Å². The lowest BCUT2D eigenvalue weighted by Crippen LogP contribution is -2.36. The lowest BCUT2D eigenvalue weighted by atomic mass is 9.76. The van der Waals surface area contributed by atoms with Gasteiger partial charge in [0, 0.05) is 27.2 Å². The minimum Gasteiger partial charge on any atom is -0.463 e. The van der Waals surface area contributed by atoms with E-state index >= 15 is 0 Å². The Bertz CT molecular complexity index is 411. The fraction of sp³-hybridized carbons (Fsp3) is 0.941. The van der Waals surface area contributed by atoms with E-state index in [-0.39, 0.29) is 29.7 Å². The predicted octanol–water partition coefficient (Wildman–Crippen LogP) is 4.17. The molecule has 3 nitrogen and oxygen atoms in total. The number of ether oxygens (including phenoxy) is 1. The molecule has 0 unspecified atom stereocenters. The SMILES string of the molecule is CC(C)OC(=O)C1CCC([C@H](C[S@@](=O)C(C)(C)C)C(F)F)CC1. The number of carbonyl (C=O) groups is 1. The minimum atomic E-state index is -2.47. The summed E-state index contributed by atoms with van der Waals surface area (Å²) in [6.07, 6.45) is -0.292. The van der Waals surface area contributed by atoms with Crippen molar-refractivity contribution in [2.24, 2.45) is 17.8 Å². The van der Waals surface area contributed by atoms with Crippen LogP contribution in [0.5, 0.6) is 0 Å². The Morgan fingerprint density at radius 2 is 1.70 bits per heavy atom. The predicted molar refractivity (Wildman–Crippen MR) is 88.9 cm³/mol. The van der Waals surface area contributed by atoms with E-state index in [0.717, 1.165) is 0 Å². The van der Waals surface area contributed by atoms with Gasteiger partial charge in [-0.15, -0.1) is 0 Å². The van der Waals surface area contributed by atoms with Crippen LogP contribution in [0.25, 0.3) is 0 Å². The maximum Gasteiger partial charge on any atom is 0.309 e. The number of hydrogen-bond donors (Lipinski definition) is 0. The quantitative estimate of drug-likeness (QED) is 0.674. The standard InChI is InChI=1S/C17H30F2O3S/c1-11(2)22-16(20)13-8-6-12(7-9-13)14(15(18)19)10-23(21)17(3,4)5/h11-15H,6-10H2,1-5H3/t12?,13?,14-,23+/m0/s1. The molecule has 0 N–H and O–H groups in total. The second-order valence-corrected chi connectivity index (χ2v) is 9.97. The van der Waals surface area contributed by atoms with Crippen LogP contribution in [0, 0.1) is 17.8 Å². The highest BCUT2D eigenvalue weighted by Gasteiger charge is 2.37. The van der Waals surface area contributed by atoms with Gasteiger partial charge in [0.2, 0.25) is 6.43 Å². The Hall–Kier alpha value is -0.520. The third kappa shape index (κ3) is 6.48. The van der Waals surface area contributed by atoms with Gasteiger partial charge >= 0.3 is 5.97 Å². The molecule has 1 rings (SSSR count). The Kier molecular flexibility index (Phi) is 7.62. The zero-order valence-electron chi connectivity index (χ0n) is 14.8. The summed E-state index contributed by atoms with van der Waals surface area (Å²) in [4.78, 5) is 11.9. The Morgan fingerprint density at radius 1 is 1.17 bits per heavy atom. The molecular formula is C17H30F2O3S. The molecule has 1 fully saturated rings. The minimum absolute atomic E-state index is 0.0347.